The minimum absolute atomic E-state index is 0.399. The van der Waals surface area contributed by atoms with Crippen molar-refractivity contribution in [3.05, 3.63) is 21.8 Å². The molecular weight excluding hydrogens is 268 g/mol. The van der Waals surface area contributed by atoms with E-state index in [9.17, 15) is 4.79 Å². The number of nitrogens with two attached hydrogens (primary N) is 1. The number of anilines is 1. The molecule has 18 heavy (non-hydrogen) atoms. The van der Waals surface area contributed by atoms with Gasteiger partial charge >= 0.3 is 5.97 Å². The second-order valence-corrected chi connectivity index (χ2v) is 6.39. The molecule has 2 rings (SSSR count). The lowest BCUT2D eigenvalue weighted by molar-refractivity contribution is 0.00722. The average molecular weight is 282 g/mol. The van der Waals surface area contributed by atoms with E-state index in [0.29, 0.717) is 10.6 Å². The molecule has 0 radical (unpaired) electrons. The van der Waals surface area contributed by atoms with Crippen LogP contribution in [-0.2, 0) is 4.74 Å². The van der Waals surface area contributed by atoms with Crippen molar-refractivity contribution in [1.29, 1.82) is 0 Å². The second kappa shape index (κ2) is 4.70. The molecule has 0 aromatic carbocycles. The number of thiophene rings is 1. The third kappa shape index (κ3) is 2.70. The van der Waals surface area contributed by atoms with E-state index in [4.69, 9.17) is 10.5 Å². The molecule has 0 unspecified atom stereocenters. The van der Waals surface area contributed by atoms with Gasteiger partial charge in [-0.3, -0.25) is 0 Å². The van der Waals surface area contributed by atoms with Crippen LogP contribution in [0.2, 0.25) is 0 Å². The minimum atomic E-state index is -0.537. The standard InChI is InChI=1S/C12H14N2O2S2/c1-12(2,3)16-11(15)9-7(4-18-10(9)13)8-5-17-6-14-8/h4-6H,13H2,1-3H3. The summed E-state index contributed by atoms with van der Waals surface area (Å²) in [5.74, 6) is -0.399. The Hall–Kier alpha value is -1.40. The number of aromatic nitrogens is 1. The molecule has 2 aromatic rings. The molecule has 0 spiro atoms. The van der Waals surface area contributed by atoms with Crippen molar-refractivity contribution in [3.8, 4) is 11.3 Å². The minimum Gasteiger partial charge on any atom is -0.456 e. The largest absolute Gasteiger partial charge is 0.456 e. The van der Waals surface area contributed by atoms with Gasteiger partial charge in [0.2, 0.25) is 0 Å². The van der Waals surface area contributed by atoms with Crippen LogP contribution in [0.1, 0.15) is 31.1 Å². The van der Waals surface area contributed by atoms with Crippen molar-refractivity contribution in [3.63, 3.8) is 0 Å². The Bertz CT molecular complexity index is 553. The molecule has 0 bridgehead atoms. The lowest BCUT2D eigenvalue weighted by Gasteiger charge is -2.19. The first kappa shape index (κ1) is 13.0. The molecule has 0 atom stereocenters. The summed E-state index contributed by atoms with van der Waals surface area (Å²) in [5, 5.41) is 4.19. The van der Waals surface area contributed by atoms with Crippen molar-refractivity contribution < 1.29 is 9.53 Å². The van der Waals surface area contributed by atoms with E-state index in [1.807, 2.05) is 31.5 Å². The van der Waals surface area contributed by atoms with E-state index in [2.05, 4.69) is 4.98 Å². The first-order valence-electron chi connectivity index (χ1n) is 5.37. The van der Waals surface area contributed by atoms with Crippen molar-refractivity contribution in [2.24, 2.45) is 0 Å². The van der Waals surface area contributed by atoms with Crippen LogP contribution in [-0.4, -0.2) is 16.6 Å². The quantitative estimate of drug-likeness (QED) is 0.857. The van der Waals surface area contributed by atoms with E-state index < -0.39 is 11.6 Å². The SMILES string of the molecule is CC(C)(C)OC(=O)c1c(-c2cscn2)csc1N. The molecule has 96 valence electrons. The summed E-state index contributed by atoms with van der Waals surface area (Å²) in [6.07, 6.45) is 0. The Kier molecular flexibility index (Phi) is 3.41. The first-order chi connectivity index (χ1) is 8.38. The number of carbonyl (C=O) groups is 1. The maximum absolute atomic E-state index is 12.1. The fourth-order valence-corrected chi connectivity index (χ4v) is 2.79. The van der Waals surface area contributed by atoms with Crippen LogP contribution >= 0.6 is 22.7 Å². The molecule has 0 aliphatic carbocycles. The number of thiazole rings is 1. The summed E-state index contributed by atoms with van der Waals surface area (Å²) in [6, 6.07) is 0. The van der Waals surface area contributed by atoms with Gasteiger partial charge in [-0.05, 0) is 20.8 Å². The fourth-order valence-electron chi connectivity index (χ4n) is 1.45. The molecule has 4 nitrogen and oxygen atoms in total. The highest BCUT2D eigenvalue weighted by molar-refractivity contribution is 7.15. The first-order valence-corrected chi connectivity index (χ1v) is 7.19. The fraction of sp³-hybridized carbons (Fsp3) is 0.333. The molecule has 2 heterocycles. The zero-order valence-electron chi connectivity index (χ0n) is 10.4. The van der Waals surface area contributed by atoms with Crippen LogP contribution in [0, 0.1) is 0 Å². The van der Waals surface area contributed by atoms with Gasteiger partial charge in [-0.2, -0.15) is 0 Å². The van der Waals surface area contributed by atoms with Gasteiger partial charge in [0.05, 0.1) is 11.2 Å². The van der Waals surface area contributed by atoms with Crippen LogP contribution in [0.15, 0.2) is 16.3 Å². The van der Waals surface area contributed by atoms with Gasteiger partial charge in [-0.1, -0.05) is 0 Å². The van der Waals surface area contributed by atoms with Gasteiger partial charge in [-0.15, -0.1) is 22.7 Å². The Morgan fingerprint density at radius 3 is 2.67 bits per heavy atom. The Labute approximate surface area is 113 Å². The van der Waals surface area contributed by atoms with Gasteiger partial charge < -0.3 is 10.5 Å². The predicted octanol–water partition coefficient (Wildman–Crippen LogP) is 3.41. The van der Waals surface area contributed by atoms with Crippen molar-refractivity contribution >= 4 is 33.6 Å². The molecule has 2 N–H and O–H groups in total. The van der Waals surface area contributed by atoms with Gasteiger partial charge in [0.15, 0.2) is 0 Å². The zero-order chi connectivity index (χ0) is 13.3. The lowest BCUT2D eigenvalue weighted by Crippen LogP contribution is -2.24. The topological polar surface area (TPSA) is 65.2 Å². The van der Waals surface area contributed by atoms with E-state index in [1.54, 1.807) is 5.51 Å². The van der Waals surface area contributed by atoms with Gasteiger partial charge in [0.1, 0.15) is 16.2 Å². The van der Waals surface area contributed by atoms with Gasteiger partial charge in [0, 0.05) is 16.3 Å². The van der Waals surface area contributed by atoms with Crippen molar-refractivity contribution in [2.75, 3.05) is 5.73 Å². The molecule has 0 amide bonds. The van der Waals surface area contributed by atoms with Crippen molar-refractivity contribution in [2.45, 2.75) is 26.4 Å². The summed E-state index contributed by atoms with van der Waals surface area (Å²) in [7, 11) is 0. The van der Waals surface area contributed by atoms with Crippen LogP contribution in [0.4, 0.5) is 5.00 Å². The van der Waals surface area contributed by atoms with E-state index >= 15 is 0 Å². The Balaban J connectivity index is 2.39. The van der Waals surface area contributed by atoms with Crippen LogP contribution in [0.25, 0.3) is 11.3 Å². The summed E-state index contributed by atoms with van der Waals surface area (Å²) in [6.45, 7) is 5.49. The maximum atomic E-state index is 12.1. The third-order valence-electron chi connectivity index (χ3n) is 2.13. The number of hydrogen-bond donors (Lipinski definition) is 1. The summed E-state index contributed by atoms with van der Waals surface area (Å²) < 4.78 is 5.36. The molecule has 0 fully saturated rings. The van der Waals surface area contributed by atoms with Crippen LogP contribution < -0.4 is 5.73 Å². The Morgan fingerprint density at radius 2 is 2.11 bits per heavy atom. The average Bonchev–Trinajstić information content (AvgIpc) is 2.82. The number of hydrogen-bond acceptors (Lipinski definition) is 6. The van der Waals surface area contributed by atoms with Crippen LogP contribution in [0.3, 0.4) is 0 Å². The monoisotopic (exact) mass is 282 g/mol. The van der Waals surface area contributed by atoms with E-state index in [0.717, 1.165) is 11.3 Å². The Morgan fingerprint density at radius 1 is 1.39 bits per heavy atom. The van der Waals surface area contributed by atoms with Gasteiger partial charge in [0.25, 0.3) is 0 Å². The van der Waals surface area contributed by atoms with E-state index in [1.165, 1.54) is 22.7 Å². The highest BCUT2D eigenvalue weighted by atomic mass is 32.1. The normalized spacial score (nSPS) is 11.5. The van der Waals surface area contributed by atoms with E-state index in [-0.39, 0.29) is 0 Å². The van der Waals surface area contributed by atoms with Gasteiger partial charge in [-0.25, -0.2) is 9.78 Å². The predicted molar refractivity (Wildman–Crippen MR) is 75.0 cm³/mol. The number of nitrogen functional groups attached to an aromatic ring is 1. The molecule has 6 heteroatoms. The second-order valence-electron chi connectivity index (χ2n) is 4.76. The number of carbonyl (C=O) groups excluding carboxylic acids is 1. The number of nitrogens with zero attached hydrogens (tertiary/aromatic N) is 1. The number of ether oxygens (including phenoxy) is 1. The number of rotatable bonds is 2. The maximum Gasteiger partial charge on any atom is 0.342 e. The number of esters is 1. The highest BCUT2D eigenvalue weighted by Gasteiger charge is 2.25. The smallest absolute Gasteiger partial charge is 0.342 e. The lowest BCUT2D eigenvalue weighted by atomic mass is 10.1. The van der Waals surface area contributed by atoms with Crippen molar-refractivity contribution in [1.82, 2.24) is 4.98 Å². The molecule has 2 aromatic heterocycles. The summed E-state index contributed by atoms with van der Waals surface area (Å²) in [5.41, 5.74) is 8.97. The third-order valence-corrected chi connectivity index (χ3v) is 3.53. The molecule has 0 saturated heterocycles. The molecule has 0 saturated carbocycles. The molecule has 0 aliphatic heterocycles. The van der Waals surface area contributed by atoms with Crippen LogP contribution in [0.5, 0.6) is 0 Å². The zero-order valence-corrected chi connectivity index (χ0v) is 12.0. The molecule has 0 aliphatic rings. The molecular formula is C12H14N2O2S2. The summed E-state index contributed by atoms with van der Waals surface area (Å²) in [4.78, 5) is 16.3. The summed E-state index contributed by atoms with van der Waals surface area (Å²) >= 11 is 2.80. The highest BCUT2D eigenvalue weighted by Crippen LogP contribution is 2.34.